The zero-order chi connectivity index (χ0) is 22.8. The molecule has 33 heavy (non-hydrogen) atoms. The summed E-state index contributed by atoms with van der Waals surface area (Å²) in [4.78, 5) is 21.8. The van der Waals surface area contributed by atoms with Gasteiger partial charge in [0.05, 0.1) is 11.3 Å². The molecule has 0 atom stereocenters. The van der Waals surface area contributed by atoms with Gasteiger partial charge in [0, 0.05) is 22.7 Å². The first-order valence-corrected chi connectivity index (χ1v) is 11.5. The van der Waals surface area contributed by atoms with Crippen LogP contribution in [0.25, 0.3) is 11.4 Å². The number of benzene rings is 3. The molecule has 0 unspecified atom stereocenters. The van der Waals surface area contributed by atoms with Crippen LogP contribution in [0.15, 0.2) is 77.8 Å². The molecule has 0 bridgehead atoms. The molecule has 0 aliphatic carbocycles. The molecular weight excluding hydrogens is 461 g/mol. The van der Waals surface area contributed by atoms with Gasteiger partial charge in [0.25, 0.3) is 0 Å². The van der Waals surface area contributed by atoms with Gasteiger partial charge in [-0.2, -0.15) is 4.98 Å². The Balaban J connectivity index is 1.43. The lowest BCUT2D eigenvalue weighted by molar-refractivity contribution is -0.113. The molecule has 164 valence electrons. The largest absolute Gasteiger partial charge is 0.438 e. The van der Waals surface area contributed by atoms with Crippen molar-refractivity contribution in [2.45, 2.75) is 11.4 Å². The second-order valence-corrected chi connectivity index (χ2v) is 8.77. The minimum absolute atomic E-state index is 0.149. The van der Waals surface area contributed by atoms with E-state index in [1.54, 1.807) is 36.4 Å². The number of carbonyl (C=O) groups excluding carboxylic acids is 1. The van der Waals surface area contributed by atoms with E-state index in [9.17, 15) is 9.18 Å². The molecule has 1 aromatic heterocycles. The molecule has 5 rings (SSSR count). The maximum atomic E-state index is 13.4. The van der Waals surface area contributed by atoms with Crippen molar-refractivity contribution < 1.29 is 13.9 Å². The Labute approximate surface area is 199 Å². The van der Waals surface area contributed by atoms with Crippen molar-refractivity contribution in [1.29, 1.82) is 0 Å². The van der Waals surface area contributed by atoms with Crippen LogP contribution in [0.4, 0.5) is 10.1 Å². The number of halogens is 2. The Hall–Kier alpha value is -3.42. The molecular formula is C25H17ClFN3O2S. The van der Waals surface area contributed by atoms with Gasteiger partial charge >= 0.3 is 0 Å². The molecule has 4 aromatic rings. The number of rotatable bonds is 5. The van der Waals surface area contributed by atoms with Gasteiger partial charge in [-0.25, -0.2) is 9.37 Å². The van der Waals surface area contributed by atoms with Crippen LogP contribution in [0.5, 0.6) is 11.6 Å². The summed E-state index contributed by atoms with van der Waals surface area (Å²) < 4.78 is 19.5. The van der Waals surface area contributed by atoms with E-state index in [2.05, 4.69) is 10.3 Å². The number of hydrogen-bond acceptors (Lipinski definition) is 5. The van der Waals surface area contributed by atoms with Crippen LogP contribution in [-0.2, 0) is 11.2 Å². The Morgan fingerprint density at radius 1 is 1.03 bits per heavy atom. The van der Waals surface area contributed by atoms with E-state index in [-0.39, 0.29) is 17.5 Å². The Bertz CT molecular complexity index is 1330. The Morgan fingerprint density at radius 3 is 2.58 bits per heavy atom. The van der Waals surface area contributed by atoms with Gasteiger partial charge in [-0.15, -0.1) is 0 Å². The van der Waals surface area contributed by atoms with Crippen molar-refractivity contribution in [1.82, 2.24) is 9.97 Å². The fourth-order valence-corrected chi connectivity index (χ4v) is 4.39. The van der Waals surface area contributed by atoms with E-state index in [0.29, 0.717) is 39.4 Å². The number of nitrogens with zero attached hydrogens (tertiary/aromatic N) is 2. The molecule has 5 nitrogen and oxygen atoms in total. The summed E-state index contributed by atoms with van der Waals surface area (Å²) in [6.45, 7) is 0. The van der Waals surface area contributed by atoms with Crippen LogP contribution >= 0.6 is 23.4 Å². The lowest BCUT2D eigenvalue weighted by atomic mass is 10.0. The molecule has 2 heterocycles. The van der Waals surface area contributed by atoms with Crippen LogP contribution in [-0.4, -0.2) is 21.6 Å². The first kappa shape index (κ1) is 21.4. The van der Waals surface area contributed by atoms with Crippen molar-refractivity contribution >= 4 is 35.0 Å². The molecule has 0 spiro atoms. The number of ether oxygens (including phenoxy) is 1. The van der Waals surface area contributed by atoms with Crippen LogP contribution in [0.2, 0.25) is 5.02 Å². The number of para-hydroxylation sites is 1. The normalized spacial score (nSPS) is 11.8. The third-order valence-electron chi connectivity index (χ3n) is 5.05. The van der Waals surface area contributed by atoms with E-state index < -0.39 is 0 Å². The number of aromatic nitrogens is 2. The van der Waals surface area contributed by atoms with Crippen LogP contribution in [0.3, 0.4) is 0 Å². The first-order chi connectivity index (χ1) is 16.0. The maximum Gasteiger partial charge on any atom is 0.234 e. The fourth-order valence-electron chi connectivity index (χ4n) is 3.44. The van der Waals surface area contributed by atoms with E-state index in [1.165, 1.54) is 23.9 Å². The predicted molar refractivity (Wildman–Crippen MR) is 128 cm³/mol. The highest BCUT2D eigenvalue weighted by Gasteiger charge is 2.24. The van der Waals surface area contributed by atoms with E-state index in [4.69, 9.17) is 21.3 Å². The molecule has 1 amide bonds. The van der Waals surface area contributed by atoms with Crippen molar-refractivity contribution in [2.24, 2.45) is 0 Å². The topological polar surface area (TPSA) is 64.1 Å². The molecule has 1 aliphatic heterocycles. The minimum Gasteiger partial charge on any atom is -0.438 e. The third-order valence-corrected chi connectivity index (χ3v) is 6.32. The van der Waals surface area contributed by atoms with Gasteiger partial charge < -0.3 is 10.1 Å². The highest BCUT2D eigenvalue weighted by molar-refractivity contribution is 8.00. The lowest BCUT2D eigenvalue weighted by Crippen LogP contribution is -2.15. The smallest absolute Gasteiger partial charge is 0.234 e. The highest BCUT2D eigenvalue weighted by Crippen LogP contribution is 2.40. The lowest BCUT2D eigenvalue weighted by Gasteiger charge is -2.21. The van der Waals surface area contributed by atoms with Crippen LogP contribution < -0.4 is 10.1 Å². The first-order valence-electron chi connectivity index (χ1n) is 10.2. The number of hydrogen-bond donors (Lipinski definition) is 1. The van der Waals surface area contributed by atoms with Crippen molar-refractivity contribution in [3.63, 3.8) is 0 Å². The molecule has 1 N–H and O–H groups in total. The SMILES string of the molecule is O=C(CSc1nc(-c2ccc(F)cc2)nc2c1Cc1ccccc1O2)Nc1ccc(Cl)cc1. The van der Waals surface area contributed by atoms with Gasteiger partial charge in [-0.05, 0) is 60.2 Å². The summed E-state index contributed by atoms with van der Waals surface area (Å²) in [5.74, 6) is 1.24. The average Bonchev–Trinajstić information content (AvgIpc) is 2.83. The van der Waals surface area contributed by atoms with Crippen molar-refractivity contribution in [3.05, 3.63) is 94.8 Å². The molecule has 0 fully saturated rings. The Kier molecular flexibility index (Phi) is 5.98. The number of fused-ring (bicyclic) bond motifs is 2. The molecule has 0 radical (unpaired) electrons. The Morgan fingerprint density at radius 2 is 1.79 bits per heavy atom. The number of anilines is 1. The van der Waals surface area contributed by atoms with Gasteiger partial charge in [0.1, 0.15) is 16.6 Å². The summed E-state index contributed by atoms with van der Waals surface area (Å²) in [7, 11) is 0. The van der Waals surface area contributed by atoms with E-state index >= 15 is 0 Å². The third kappa shape index (κ3) is 4.84. The molecule has 0 saturated carbocycles. The predicted octanol–water partition coefficient (Wildman–Crippen LogP) is 6.36. The van der Waals surface area contributed by atoms with Gasteiger partial charge in [-0.3, -0.25) is 4.79 Å². The molecule has 0 saturated heterocycles. The fraction of sp³-hybridized carbons (Fsp3) is 0.0800. The summed E-state index contributed by atoms with van der Waals surface area (Å²) in [5.41, 5.74) is 3.17. The minimum atomic E-state index is -0.338. The summed E-state index contributed by atoms with van der Waals surface area (Å²) in [5, 5.41) is 4.11. The number of carbonyl (C=O) groups is 1. The maximum absolute atomic E-state index is 13.4. The van der Waals surface area contributed by atoms with E-state index in [1.807, 2.05) is 24.3 Å². The number of nitrogens with one attached hydrogen (secondary N) is 1. The summed E-state index contributed by atoms with van der Waals surface area (Å²) in [6.07, 6.45) is 0.594. The second kappa shape index (κ2) is 9.21. The molecule has 1 aliphatic rings. The number of thioether (sulfide) groups is 1. The monoisotopic (exact) mass is 477 g/mol. The van der Waals surface area contributed by atoms with Crippen molar-refractivity contribution in [2.75, 3.05) is 11.1 Å². The van der Waals surface area contributed by atoms with Crippen LogP contribution in [0.1, 0.15) is 11.1 Å². The average molecular weight is 478 g/mol. The summed E-state index contributed by atoms with van der Waals surface area (Å²) >= 11 is 7.21. The van der Waals surface area contributed by atoms with Crippen molar-refractivity contribution in [3.8, 4) is 23.0 Å². The van der Waals surface area contributed by atoms with Gasteiger partial charge in [0.2, 0.25) is 11.8 Å². The van der Waals surface area contributed by atoms with Gasteiger partial charge in [0.15, 0.2) is 5.82 Å². The molecule has 8 heteroatoms. The standard InChI is InChI=1S/C25H17ClFN3O2S/c26-17-7-11-19(12-8-17)28-22(31)14-33-25-20-13-16-3-1-2-4-21(16)32-24(20)29-23(30-25)15-5-9-18(27)10-6-15/h1-12H,13-14H2,(H,28,31). The highest BCUT2D eigenvalue weighted by atomic mass is 35.5. The quantitative estimate of drug-likeness (QED) is 0.235. The summed E-state index contributed by atoms with van der Waals surface area (Å²) in [6, 6.07) is 20.6. The van der Waals surface area contributed by atoms with Gasteiger partial charge in [-0.1, -0.05) is 41.6 Å². The number of amides is 1. The zero-order valence-corrected chi connectivity index (χ0v) is 18.8. The molecule has 3 aromatic carbocycles. The zero-order valence-electron chi connectivity index (χ0n) is 17.2. The second-order valence-electron chi connectivity index (χ2n) is 7.37. The van der Waals surface area contributed by atoms with E-state index in [0.717, 1.165) is 16.9 Å². The van der Waals surface area contributed by atoms with Crippen LogP contribution in [0, 0.1) is 5.82 Å².